The van der Waals surface area contributed by atoms with Gasteiger partial charge in [0.2, 0.25) is 5.91 Å². The lowest BCUT2D eigenvalue weighted by Gasteiger charge is -2.36. The molecule has 19 heavy (non-hydrogen) atoms. The molecule has 0 atom stereocenters. The molecular formula is C13H15Cl2FN2O. The van der Waals surface area contributed by atoms with Crippen molar-refractivity contribution in [3.05, 3.63) is 28.5 Å². The molecule has 6 heteroatoms. The number of hydrogen-bond acceptors (Lipinski definition) is 2. The van der Waals surface area contributed by atoms with Crippen LogP contribution in [0.5, 0.6) is 0 Å². The predicted octanol–water partition coefficient (Wildman–Crippen LogP) is 2.67. The summed E-state index contributed by atoms with van der Waals surface area (Å²) in [5.41, 5.74) is 1.39. The number of halogens is 3. The van der Waals surface area contributed by atoms with Crippen LogP contribution in [-0.4, -0.2) is 42.9 Å². The van der Waals surface area contributed by atoms with E-state index in [4.69, 9.17) is 23.2 Å². The van der Waals surface area contributed by atoms with Crippen LogP contribution in [0.15, 0.2) is 12.1 Å². The largest absolute Gasteiger partial charge is 0.366 e. The van der Waals surface area contributed by atoms with Gasteiger partial charge in [0.05, 0.1) is 5.69 Å². The number of rotatable bonds is 2. The Balaban J connectivity index is 2.10. The van der Waals surface area contributed by atoms with Gasteiger partial charge in [0.25, 0.3) is 0 Å². The Kier molecular flexibility index (Phi) is 4.53. The molecule has 1 aliphatic rings. The van der Waals surface area contributed by atoms with Crippen molar-refractivity contribution in [3.8, 4) is 0 Å². The Morgan fingerprint density at radius 2 is 1.95 bits per heavy atom. The standard InChI is InChI=1S/C13H15Cl2FN2O/c1-9-6-12(11(16)7-10(9)15)17-2-4-18(5-3-17)13(19)8-14/h6-7H,2-5,8H2,1H3. The molecule has 1 amide bonds. The number of amides is 1. The molecule has 0 spiro atoms. The summed E-state index contributed by atoms with van der Waals surface area (Å²) in [7, 11) is 0. The second kappa shape index (κ2) is 5.97. The van der Waals surface area contributed by atoms with Crippen LogP contribution in [0.4, 0.5) is 10.1 Å². The normalized spacial score (nSPS) is 15.8. The van der Waals surface area contributed by atoms with E-state index in [9.17, 15) is 9.18 Å². The number of hydrogen-bond donors (Lipinski definition) is 0. The first-order valence-corrected chi connectivity index (χ1v) is 6.98. The minimum absolute atomic E-state index is 0.00554. The van der Waals surface area contributed by atoms with Crippen molar-refractivity contribution < 1.29 is 9.18 Å². The van der Waals surface area contributed by atoms with E-state index >= 15 is 0 Å². The van der Waals surface area contributed by atoms with Crippen LogP contribution < -0.4 is 4.90 Å². The maximum Gasteiger partial charge on any atom is 0.237 e. The third-order valence-corrected chi connectivity index (χ3v) is 3.95. The highest BCUT2D eigenvalue weighted by atomic mass is 35.5. The van der Waals surface area contributed by atoms with Gasteiger partial charge in [-0.15, -0.1) is 11.6 Å². The number of piperazine rings is 1. The van der Waals surface area contributed by atoms with Gasteiger partial charge in [-0.1, -0.05) is 11.6 Å². The van der Waals surface area contributed by atoms with Gasteiger partial charge >= 0.3 is 0 Å². The van der Waals surface area contributed by atoms with Crippen molar-refractivity contribution in [2.45, 2.75) is 6.92 Å². The number of carbonyl (C=O) groups excluding carboxylic acids is 1. The van der Waals surface area contributed by atoms with Gasteiger partial charge in [0.1, 0.15) is 11.7 Å². The molecule has 2 rings (SSSR count). The van der Waals surface area contributed by atoms with E-state index in [1.807, 2.05) is 11.8 Å². The maximum absolute atomic E-state index is 13.9. The zero-order valence-electron chi connectivity index (χ0n) is 10.6. The lowest BCUT2D eigenvalue weighted by molar-refractivity contribution is -0.128. The number of carbonyl (C=O) groups is 1. The zero-order valence-corrected chi connectivity index (χ0v) is 12.1. The summed E-state index contributed by atoms with van der Waals surface area (Å²) >= 11 is 11.4. The van der Waals surface area contributed by atoms with Crippen LogP contribution in [-0.2, 0) is 4.79 Å². The highest BCUT2D eigenvalue weighted by Gasteiger charge is 2.22. The predicted molar refractivity (Wildman–Crippen MR) is 75.7 cm³/mol. The first kappa shape index (κ1) is 14.4. The van der Waals surface area contributed by atoms with Crippen LogP contribution in [0.2, 0.25) is 5.02 Å². The zero-order chi connectivity index (χ0) is 14.0. The van der Waals surface area contributed by atoms with Crippen LogP contribution in [0, 0.1) is 12.7 Å². The summed E-state index contributed by atoms with van der Waals surface area (Å²) in [5.74, 6) is -0.407. The molecule has 0 N–H and O–H groups in total. The van der Waals surface area contributed by atoms with E-state index < -0.39 is 0 Å². The Labute approximate surface area is 121 Å². The van der Waals surface area contributed by atoms with E-state index in [0.29, 0.717) is 36.9 Å². The van der Waals surface area contributed by atoms with Gasteiger partial charge in [0.15, 0.2) is 0 Å². The first-order valence-electron chi connectivity index (χ1n) is 6.07. The van der Waals surface area contributed by atoms with Crippen molar-refractivity contribution >= 4 is 34.8 Å². The van der Waals surface area contributed by atoms with Crippen LogP contribution in [0.3, 0.4) is 0 Å². The molecule has 1 fully saturated rings. The summed E-state index contributed by atoms with van der Waals surface area (Å²) in [6, 6.07) is 3.08. The number of alkyl halides is 1. The molecule has 1 aromatic rings. The molecule has 3 nitrogen and oxygen atoms in total. The molecule has 1 saturated heterocycles. The molecule has 0 saturated carbocycles. The fourth-order valence-electron chi connectivity index (χ4n) is 2.17. The Morgan fingerprint density at radius 3 is 2.53 bits per heavy atom. The van der Waals surface area contributed by atoms with Crippen molar-refractivity contribution in [2.24, 2.45) is 0 Å². The minimum Gasteiger partial charge on any atom is -0.366 e. The van der Waals surface area contributed by atoms with Gasteiger partial charge in [-0.25, -0.2) is 4.39 Å². The van der Waals surface area contributed by atoms with Crippen LogP contribution in [0.25, 0.3) is 0 Å². The number of benzene rings is 1. The average Bonchev–Trinajstić information content (AvgIpc) is 2.42. The Morgan fingerprint density at radius 1 is 1.32 bits per heavy atom. The molecule has 0 aromatic heterocycles. The maximum atomic E-state index is 13.9. The SMILES string of the molecule is Cc1cc(N2CCN(C(=O)CCl)CC2)c(F)cc1Cl. The highest BCUT2D eigenvalue weighted by molar-refractivity contribution is 6.31. The molecule has 104 valence electrons. The highest BCUT2D eigenvalue weighted by Crippen LogP contribution is 2.27. The molecular weight excluding hydrogens is 290 g/mol. The summed E-state index contributed by atoms with van der Waals surface area (Å²) in [5, 5.41) is 0.428. The second-order valence-corrected chi connectivity index (χ2v) is 5.23. The third kappa shape index (κ3) is 3.12. The minimum atomic E-state index is -0.326. The van der Waals surface area contributed by atoms with E-state index in [1.165, 1.54) is 6.07 Å². The fourth-order valence-corrected chi connectivity index (χ4v) is 2.48. The number of nitrogens with zero attached hydrogens (tertiary/aromatic N) is 2. The van der Waals surface area contributed by atoms with E-state index in [-0.39, 0.29) is 17.6 Å². The van der Waals surface area contributed by atoms with E-state index in [2.05, 4.69) is 0 Å². The number of anilines is 1. The molecule has 0 bridgehead atoms. The van der Waals surface area contributed by atoms with Crippen molar-refractivity contribution in [1.82, 2.24) is 4.90 Å². The fraction of sp³-hybridized carbons (Fsp3) is 0.462. The summed E-state index contributed by atoms with van der Waals surface area (Å²) < 4.78 is 13.9. The van der Waals surface area contributed by atoms with Gasteiger partial charge in [0, 0.05) is 31.2 Å². The quantitative estimate of drug-likeness (QED) is 0.784. The van der Waals surface area contributed by atoms with E-state index in [1.54, 1.807) is 11.0 Å². The molecule has 1 heterocycles. The molecule has 0 radical (unpaired) electrons. The van der Waals surface area contributed by atoms with Gasteiger partial charge in [-0.3, -0.25) is 4.79 Å². The molecule has 0 aliphatic carbocycles. The van der Waals surface area contributed by atoms with Gasteiger partial charge in [-0.05, 0) is 24.6 Å². The van der Waals surface area contributed by atoms with Gasteiger partial charge in [-0.2, -0.15) is 0 Å². The third-order valence-electron chi connectivity index (χ3n) is 3.32. The Hall–Kier alpha value is -1.00. The van der Waals surface area contributed by atoms with Crippen molar-refractivity contribution in [1.29, 1.82) is 0 Å². The molecule has 1 aliphatic heterocycles. The second-order valence-electron chi connectivity index (χ2n) is 4.55. The lowest BCUT2D eigenvalue weighted by atomic mass is 10.1. The lowest BCUT2D eigenvalue weighted by Crippen LogP contribution is -2.49. The van der Waals surface area contributed by atoms with E-state index in [0.717, 1.165) is 5.56 Å². The monoisotopic (exact) mass is 304 g/mol. The van der Waals surface area contributed by atoms with Crippen molar-refractivity contribution in [3.63, 3.8) is 0 Å². The Bertz CT molecular complexity index is 488. The van der Waals surface area contributed by atoms with Crippen LogP contribution in [0.1, 0.15) is 5.56 Å². The van der Waals surface area contributed by atoms with Crippen molar-refractivity contribution in [2.75, 3.05) is 37.0 Å². The molecule has 1 aromatic carbocycles. The molecule has 0 unspecified atom stereocenters. The summed E-state index contributed by atoms with van der Waals surface area (Å²) in [6.07, 6.45) is 0. The average molecular weight is 305 g/mol. The van der Waals surface area contributed by atoms with Crippen LogP contribution >= 0.6 is 23.2 Å². The summed E-state index contributed by atoms with van der Waals surface area (Å²) in [6.45, 7) is 4.17. The van der Waals surface area contributed by atoms with Gasteiger partial charge < -0.3 is 9.80 Å². The smallest absolute Gasteiger partial charge is 0.237 e. The number of aryl methyl sites for hydroxylation is 1. The summed E-state index contributed by atoms with van der Waals surface area (Å²) in [4.78, 5) is 15.1. The topological polar surface area (TPSA) is 23.6 Å². The first-order chi connectivity index (χ1) is 9.02.